The number of nitrogens with one attached hydrogen (secondary N) is 1. The van der Waals surface area contributed by atoms with Gasteiger partial charge in [0.1, 0.15) is 12.2 Å². The van der Waals surface area contributed by atoms with Gasteiger partial charge in [0.2, 0.25) is 5.95 Å². The van der Waals surface area contributed by atoms with E-state index in [0.717, 1.165) is 41.4 Å². The Morgan fingerprint density at radius 2 is 1.90 bits per heavy atom. The summed E-state index contributed by atoms with van der Waals surface area (Å²) < 4.78 is 7.99. The highest BCUT2D eigenvalue weighted by molar-refractivity contribution is 5.58. The summed E-state index contributed by atoms with van der Waals surface area (Å²) in [4.78, 5) is 22.2. The predicted octanol–water partition coefficient (Wildman–Crippen LogP) is 3.82. The van der Waals surface area contributed by atoms with E-state index in [1.165, 1.54) is 25.6 Å². The van der Waals surface area contributed by atoms with E-state index in [-0.39, 0.29) is 12.0 Å². The van der Waals surface area contributed by atoms with Crippen molar-refractivity contribution < 1.29 is 4.74 Å². The molecule has 9 nitrogen and oxygen atoms in total. The summed E-state index contributed by atoms with van der Waals surface area (Å²) in [5.74, 6) is 2.94. The highest BCUT2D eigenvalue weighted by atomic mass is 16.5. The standard InChI is InChI=1S/C22H30N8O/c1-14(2)20-25-13-26-22(29-20)24-11-18-17(10-27-30(18)4)21-23-12-19(15(3)28-21)31-16-8-6-5-7-9-16/h10,12-14,16H,5-9,11H2,1-4H3,(H,24,25,26,29). The van der Waals surface area contributed by atoms with Gasteiger partial charge in [0.05, 0.1) is 42.0 Å². The van der Waals surface area contributed by atoms with E-state index >= 15 is 0 Å². The van der Waals surface area contributed by atoms with Gasteiger partial charge in [-0.15, -0.1) is 0 Å². The minimum absolute atomic E-state index is 0.238. The molecule has 1 aliphatic rings. The van der Waals surface area contributed by atoms with Crippen LogP contribution in [0.4, 0.5) is 5.95 Å². The molecule has 0 aromatic carbocycles. The molecule has 1 fully saturated rings. The molecule has 0 spiro atoms. The maximum Gasteiger partial charge on any atom is 0.226 e. The minimum Gasteiger partial charge on any atom is -0.487 e. The second kappa shape index (κ2) is 9.36. The number of aryl methyl sites for hydroxylation is 2. The summed E-state index contributed by atoms with van der Waals surface area (Å²) >= 11 is 0. The second-order valence-electron chi connectivity index (χ2n) is 8.33. The summed E-state index contributed by atoms with van der Waals surface area (Å²) in [6.07, 6.45) is 11.4. The third kappa shape index (κ3) is 4.98. The van der Waals surface area contributed by atoms with Crippen molar-refractivity contribution in [2.75, 3.05) is 5.32 Å². The molecule has 164 valence electrons. The number of ether oxygens (including phenoxy) is 1. The quantitative estimate of drug-likeness (QED) is 0.613. The molecule has 1 saturated carbocycles. The van der Waals surface area contributed by atoms with Gasteiger partial charge in [-0.3, -0.25) is 4.68 Å². The van der Waals surface area contributed by atoms with E-state index in [4.69, 9.17) is 9.72 Å². The van der Waals surface area contributed by atoms with Crippen LogP contribution >= 0.6 is 0 Å². The van der Waals surface area contributed by atoms with Crippen LogP contribution in [0.1, 0.15) is 69.1 Å². The summed E-state index contributed by atoms with van der Waals surface area (Å²) in [5, 5.41) is 7.68. The van der Waals surface area contributed by atoms with Crippen LogP contribution in [-0.2, 0) is 13.6 Å². The largest absolute Gasteiger partial charge is 0.487 e. The topological polar surface area (TPSA) is 104 Å². The van der Waals surface area contributed by atoms with Crippen molar-refractivity contribution in [1.82, 2.24) is 34.7 Å². The number of anilines is 1. The predicted molar refractivity (Wildman–Crippen MR) is 118 cm³/mol. The first-order valence-electron chi connectivity index (χ1n) is 11.0. The minimum atomic E-state index is 0.238. The van der Waals surface area contributed by atoms with Crippen LogP contribution in [0, 0.1) is 6.92 Å². The highest BCUT2D eigenvalue weighted by Crippen LogP contribution is 2.27. The lowest BCUT2D eigenvalue weighted by molar-refractivity contribution is 0.152. The average molecular weight is 423 g/mol. The van der Waals surface area contributed by atoms with Gasteiger partial charge in [0.25, 0.3) is 0 Å². The SMILES string of the molecule is Cc1nc(-c2cnn(C)c2CNc2ncnc(C(C)C)n2)ncc1OC1CCCCC1. The van der Waals surface area contributed by atoms with E-state index in [1.807, 2.05) is 18.7 Å². The maximum atomic E-state index is 6.17. The van der Waals surface area contributed by atoms with Gasteiger partial charge in [-0.05, 0) is 32.6 Å². The molecule has 0 amide bonds. The van der Waals surface area contributed by atoms with Crippen LogP contribution in [-0.4, -0.2) is 40.8 Å². The average Bonchev–Trinajstić information content (AvgIpc) is 3.15. The van der Waals surface area contributed by atoms with E-state index in [9.17, 15) is 0 Å². The Morgan fingerprint density at radius 1 is 1.10 bits per heavy atom. The first kappa shape index (κ1) is 21.1. The molecule has 0 aliphatic heterocycles. The number of nitrogens with zero attached hydrogens (tertiary/aromatic N) is 7. The lowest BCUT2D eigenvalue weighted by atomic mass is 9.98. The van der Waals surface area contributed by atoms with Crippen molar-refractivity contribution in [2.45, 2.75) is 71.4 Å². The molecule has 3 heterocycles. The second-order valence-corrected chi connectivity index (χ2v) is 8.33. The normalized spacial score (nSPS) is 14.7. The molecule has 0 radical (unpaired) electrons. The van der Waals surface area contributed by atoms with Crippen LogP contribution in [0.15, 0.2) is 18.7 Å². The van der Waals surface area contributed by atoms with Crippen molar-refractivity contribution in [3.8, 4) is 17.1 Å². The molecule has 4 rings (SSSR count). The molecule has 3 aromatic rings. The summed E-state index contributed by atoms with van der Waals surface area (Å²) in [7, 11) is 1.90. The van der Waals surface area contributed by atoms with Gasteiger partial charge in [-0.1, -0.05) is 20.3 Å². The Kier molecular flexibility index (Phi) is 6.39. The summed E-state index contributed by atoms with van der Waals surface area (Å²) in [6, 6.07) is 0. The number of aromatic nitrogens is 7. The third-order valence-electron chi connectivity index (χ3n) is 5.60. The highest BCUT2D eigenvalue weighted by Gasteiger charge is 2.19. The molecule has 9 heteroatoms. The van der Waals surface area contributed by atoms with Crippen LogP contribution in [0.3, 0.4) is 0 Å². The van der Waals surface area contributed by atoms with Crippen molar-refractivity contribution in [2.24, 2.45) is 7.05 Å². The summed E-state index contributed by atoms with van der Waals surface area (Å²) in [5.41, 5.74) is 2.67. The van der Waals surface area contributed by atoms with Gasteiger partial charge in [-0.2, -0.15) is 10.1 Å². The van der Waals surface area contributed by atoms with Crippen LogP contribution in [0.5, 0.6) is 5.75 Å². The van der Waals surface area contributed by atoms with E-state index in [2.05, 4.69) is 44.2 Å². The van der Waals surface area contributed by atoms with Crippen molar-refractivity contribution >= 4 is 5.95 Å². The monoisotopic (exact) mass is 422 g/mol. The fourth-order valence-electron chi connectivity index (χ4n) is 3.76. The van der Waals surface area contributed by atoms with Gasteiger partial charge < -0.3 is 10.1 Å². The zero-order valence-corrected chi connectivity index (χ0v) is 18.7. The van der Waals surface area contributed by atoms with Crippen molar-refractivity contribution in [1.29, 1.82) is 0 Å². The molecule has 0 bridgehead atoms. The number of rotatable bonds is 7. The zero-order chi connectivity index (χ0) is 21.8. The van der Waals surface area contributed by atoms with Gasteiger partial charge >= 0.3 is 0 Å². The molecule has 1 aliphatic carbocycles. The van der Waals surface area contributed by atoms with E-state index in [0.29, 0.717) is 18.3 Å². The molecule has 1 N–H and O–H groups in total. The Hall–Kier alpha value is -3.10. The van der Waals surface area contributed by atoms with Crippen molar-refractivity contribution in [3.63, 3.8) is 0 Å². The molecule has 0 unspecified atom stereocenters. The lowest BCUT2D eigenvalue weighted by Crippen LogP contribution is -2.20. The first-order valence-corrected chi connectivity index (χ1v) is 11.0. The van der Waals surface area contributed by atoms with Gasteiger partial charge in [0, 0.05) is 13.0 Å². The van der Waals surface area contributed by atoms with Crippen LogP contribution in [0.25, 0.3) is 11.4 Å². The Bertz CT molecular complexity index is 1030. The molecule has 31 heavy (non-hydrogen) atoms. The third-order valence-corrected chi connectivity index (χ3v) is 5.60. The maximum absolute atomic E-state index is 6.17. The van der Waals surface area contributed by atoms with Gasteiger partial charge in [-0.25, -0.2) is 19.9 Å². The van der Waals surface area contributed by atoms with E-state index < -0.39 is 0 Å². The number of hydrogen-bond donors (Lipinski definition) is 1. The van der Waals surface area contributed by atoms with E-state index in [1.54, 1.807) is 12.4 Å². The summed E-state index contributed by atoms with van der Waals surface area (Å²) in [6.45, 7) is 6.57. The Morgan fingerprint density at radius 3 is 2.65 bits per heavy atom. The molecular formula is C22H30N8O. The smallest absolute Gasteiger partial charge is 0.226 e. The lowest BCUT2D eigenvalue weighted by Gasteiger charge is -2.23. The fourth-order valence-corrected chi connectivity index (χ4v) is 3.76. The molecule has 0 saturated heterocycles. The van der Waals surface area contributed by atoms with Crippen LogP contribution < -0.4 is 10.1 Å². The number of hydrogen-bond acceptors (Lipinski definition) is 8. The molecule has 3 aromatic heterocycles. The zero-order valence-electron chi connectivity index (χ0n) is 18.7. The molecule has 0 atom stereocenters. The van der Waals surface area contributed by atoms with Gasteiger partial charge in [0.15, 0.2) is 11.6 Å². The first-order chi connectivity index (χ1) is 15.0. The van der Waals surface area contributed by atoms with Crippen molar-refractivity contribution in [3.05, 3.63) is 35.9 Å². The molecular weight excluding hydrogens is 392 g/mol. The Balaban J connectivity index is 1.50. The van der Waals surface area contributed by atoms with Crippen LogP contribution in [0.2, 0.25) is 0 Å². The fraction of sp³-hybridized carbons (Fsp3) is 0.545. The Labute approximate surface area is 182 Å².